The summed E-state index contributed by atoms with van der Waals surface area (Å²) in [5.74, 6) is 0. The van der Waals surface area contributed by atoms with Crippen LogP contribution in [-0.4, -0.2) is 65.9 Å². The monoisotopic (exact) mass is 244 g/mol. The highest BCUT2D eigenvalue weighted by Crippen LogP contribution is 2.16. The molecule has 0 amide bonds. The summed E-state index contributed by atoms with van der Waals surface area (Å²) < 4.78 is 37.5. The molecule has 9 heteroatoms. The van der Waals surface area contributed by atoms with Gasteiger partial charge in [0.15, 0.2) is 0 Å². The second-order valence-corrected chi connectivity index (χ2v) is 4.22. The second kappa shape index (κ2) is 4.70. The first-order valence-electron chi connectivity index (χ1n) is 4.09. The molecular weight excluding hydrogens is 232 g/mol. The molecule has 4 unspecified atom stereocenters. The third-order valence-electron chi connectivity index (χ3n) is 1.99. The SMILES string of the molecule is O=S(=O)(O)OCC1OCC(O)C(O)C1O. The molecule has 0 saturated carbocycles. The number of aliphatic hydroxyl groups excluding tert-OH is 3. The van der Waals surface area contributed by atoms with Gasteiger partial charge in [0.2, 0.25) is 0 Å². The largest absolute Gasteiger partial charge is 0.397 e. The van der Waals surface area contributed by atoms with Crippen molar-refractivity contribution in [2.45, 2.75) is 24.4 Å². The molecule has 0 aromatic heterocycles. The van der Waals surface area contributed by atoms with Crippen LogP contribution >= 0.6 is 0 Å². The topological polar surface area (TPSA) is 134 Å². The van der Waals surface area contributed by atoms with E-state index in [1.165, 1.54) is 0 Å². The van der Waals surface area contributed by atoms with E-state index in [-0.39, 0.29) is 6.61 Å². The average molecular weight is 244 g/mol. The number of rotatable bonds is 3. The van der Waals surface area contributed by atoms with Gasteiger partial charge in [-0.1, -0.05) is 0 Å². The Morgan fingerprint density at radius 1 is 1.27 bits per heavy atom. The zero-order chi connectivity index (χ0) is 11.6. The molecule has 1 aliphatic heterocycles. The van der Waals surface area contributed by atoms with E-state index in [2.05, 4.69) is 4.18 Å². The third-order valence-corrected chi connectivity index (χ3v) is 2.42. The lowest BCUT2D eigenvalue weighted by molar-refractivity contribution is -0.193. The Hall–Kier alpha value is -0.290. The predicted molar refractivity (Wildman–Crippen MR) is 45.3 cm³/mol. The summed E-state index contributed by atoms with van der Waals surface area (Å²) in [6, 6.07) is 0. The van der Waals surface area contributed by atoms with Gasteiger partial charge in [-0.15, -0.1) is 0 Å². The molecule has 0 bridgehead atoms. The number of hydrogen-bond donors (Lipinski definition) is 4. The summed E-state index contributed by atoms with van der Waals surface area (Å²) in [6.07, 6.45) is -5.27. The Morgan fingerprint density at radius 2 is 1.87 bits per heavy atom. The smallest absolute Gasteiger partial charge is 0.388 e. The van der Waals surface area contributed by atoms with Gasteiger partial charge >= 0.3 is 10.4 Å². The van der Waals surface area contributed by atoms with Gasteiger partial charge in [0, 0.05) is 0 Å². The Bertz CT molecular complexity index is 300. The van der Waals surface area contributed by atoms with E-state index in [9.17, 15) is 18.6 Å². The molecule has 4 N–H and O–H groups in total. The van der Waals surface area contributed by atoms with Gasteiger partial charge in [0.1, 0.15) is 24.4 Å². The van der Waals surface area contributed by atoms with Gasteiger partial charge in [-0.05, 0) is 0 Å². The highest BCUT2D eigenvalue weighted by atomic mass is 32.3. The lowest BCUT2D eigenvalue weighted by Crippen LogP contribution is -2.54. The third kappa shape index (κ3) is 3.65. The Kier molecular flexibility index (Phi) is 4.00. The zero-order valence-electron chi connectivity index (χ0n) is 7.55. The first kappa shape index (κ1) is 12.8. The Balaban J connectivity index is 2.50. The van der Waals surface area contributed by atoms with Crippen molar-refractivity contribution < 1.29 is 37.2 Å². The molecule has 15 heavy (non-hydrogen) atoms. The highest BCUT2D eigenvalue weighted by Gasteiger charge is 2.38. The number of hydrogen-bond acceptors (Lipinski definition) is 7. The van der Waals surface area contributed by atoms with E-state index < -0.39 is 41.4 Å². The van der Waals surface area contributed by atoms with E-state index in [0.29, 0.717) is 0 Å². The van der Waals surface area contributed by atoms with Crippen LogP contribution in [0.2, 0.25) is 0 Å². The number of ether oxygens (including phenoxy) is 1. The first-order chi connectivity index (χ1) is 6.81. The minimum absolute atomic E-state index is 0.252. The predicted octanol–water partition coefficient (Wildman–Crippen LogP) is -2.71. The molecule has 1 rings (SSSR count). The van der Waals surface area contributed by atoms with Crippen LogP contribution in [0.3, 0.4) is 0 Å². The molecule has 1 fully saturated rings. The summed E-state index contributed by atoms with van der Waals surface area (Å²) in [5.41, 5.74) is 0. The van der Waals surface area contributed by atoms with E-state index in [1.54, 1.807) is 0 Å². The van der Waals surface area contributed by atoms with Crippen molar-refractivity contribution >= 4 is 10.4 Å². The average Bonchev–Trinajstić information content (AvgIpc) is 2.12. The molecule has 1 aliphatic rings. The molecule has 0 radical (unpaired) electrons. The van der Waals surface area contributed by atoms with Crippen molar-refractivity contribution in [2.24, 2.45) is 0 Å². The normalized spacial score (nSPS) is 37.9. The molecule has 0 aromatic rings. The van der Waals surface area contributed by atoms with E-state index in [4.69, 9.17) is 14.4 Å². The van der Waals surface area contributed by atoms with E-state index in [0.717, 1.165) is 0 Å². The molecule has 8 nitrogen and oxygen atoms in total. The van der Waals surface area contributed by atoms with Crippen molar-refractivity contribution in [1.82, 2.24) is 0 Å². The molecule has 1 heterocycles. The van der Waals surface area contributed by atoms with Crippen LogP contribution in [0.4, 0.5) is 0 Å². The molecule has 0 spiro atoms. The molecule has 4 atom stereocenters. The highest BCUT2D eigenvalue weighted by molar-refractivity contribution is 7.80. The molecular formula is C6H12O8S. The van der Waals surface area contributed by atoms with Crippen LogP contribution < -0.4 is 0 Å². The van der Waals surface area contributed by atoms with Crippen LogP contribution in [0.15, 0.2) is 0 Å². The van der Waals surface area contributed by atoms with Gasteiger partial charge in [-0.25, -0.2) is 4.18 Å². The maximum Gasteiger partial charge on any atom is 0.397 e. The van der Waals surface area contributed by atoms with Gasteiger partial charge < -0.3 is 20.1 Å². The summed E-state index contributed by atoms with van der Waals surface area (Å²) in [7, 11) is -4.61. The standard InChI is InChI=1S/C6H12O8S/c7-3-1-13-4(6(9)5(3)8)2-14-15(10,11)12/h3-9H,1-2H2,(H,10,11,12). The van der Waals surface area contributed by atoms with Crippen LogP contribution in [0.25, 0.3) is 0 Å². The van der Waals surface area contributed by atoms with Crippen molar-refractivity contribution in [2.75, 3.05) is 13.2 Å². The minimum atomic E-state index is -4.61. The first-order valence-corrected chi connectivity index (χ1v) is 5.45. The maximum atomic E-state index is 10.2. The molecule has 1 saturated heterocycles. The lowest BCUT2D eigenvalue weighted by atomic mass is 10.0. The summed E-state index contributed by atoms with van der Waals surface area (Å²) in [4.78, 5) is 0. The fourth-order valence-corrected chi connectivity index (χ4v) is 1.47. The minimum Gasteiger partial charge on any atom is -0.388 e. The van der Waals surface area contributed by atoms with Gasteiger partial charge in [-0.3, -0.25) is 4.55 Å². The van der Waals surface area contributed by atoms with E-state index in [1.807, 2.05) is 0 Å². The van der Waals surface area contributed by atoms with Crippen LogP contribution in [0.5, 0.6) is 0 Å². The van der Waals surface area contributed by atoms with Gasteiger partial charge in [0.25, 0.3) is 0 Å². The van der Waals surface area contributed by atoms with Gasteiger partial charge in [0.05, 0.1) is 13.2 Å². The van der Waals surface area contributed by atoms with Crippen molar-refractivity contribution in [3.05, 3.63) is 0 Å². The summed E-state index contributed by atoms with van der Waals surface area (Å²) >= 11 is 0. The van der Waals surface area contributed by atoms with Crippen LogP contribution in [-0.2, 0) is 19.3 Å². The zero-order valence-corrected chi connectivity index (χ0v) is 8.37. The molecule has 0 aromatic carbocycles. The maximum absolute atomic E-state index is 10.2. The Labute approximate surface area is 86.0 Å². The summed E-state index contributed by atoms with van der Waals surface area (Å²) in [6.45, 7) is -0.887. The van der Waals surface area contributed by atoms with Crippen molar-refractivity contribution in [1.29, 1.82) is 0 Å². The van der Waals surface area contributed by atoms with Gasteiger partial charge in [-0.2, -0.15) is 8.42 Å². The fourth-order valence-electron chi connectivity index (χ4n) is 1.17. The van der Waals surface area contributed by atoms with Crippen molar-refractivity contribution in [3.8, 4) is 0 Å². The molecule has 90 valence electrons. The second-order valence-electron chi connectivity index (χ2n) is 3.13. The summed E-state index contributed by atoms with van der Waals surface area (Å²) in [5, 5.41) is 27.6. The quantitative estimate of drug-likeness (QED) is 0.394. The van der Waals surface area contributed by atoms with Crippen LogP contribution in [0.1, 0.15) is 0 Å². The van der Waals surface area contributed by atoms with Crippen molar-refractivity contribution in [3.63, 3.8) is 0 Å². The van der Waals surface area contributed by atoms with Crippen LogP contribution in [0, 0.1) is 0 Å². The lowest BCUT2D eigenvalue weighted by Gasteiger charge is -2.34. The van der Waals surface area contributed by atoms with E-state index >= 15 is 0 Å². The Morgan fingerprint density at radius 3 is 2.40 bits per heavy atom. The molecule has 0 aliphatic carbocycles. The fraction of sp³-hybridized carbons (Fsp3) is 1.00. The number of aliphatic hydroxyl groups is 3.